The lowest BCUT2D eigenvalue weighted by Gasteiger charge is -2.07. The number of hydrogen-bond donors (Lipinski definition) is 1. The third-order valence-corrected chi connectivity index (χ3v) is 4.18. The number of benzene rings is 1. The molecule has 0 saturated heterocycles. The number of nitrogens with one attached hydrogen (secondary N) is 1. The average molecular weight is 328 g/mol. The summed E-state index contributed by atoms with van der Waals surface area (Å²) in [6.45, 7) is 6.62. The van der Waals surface area contributed by atoms with Gasteiger partial charge in [-0.15, -0.1) is 0 Å². The average Bonchev–Trinajstić information content (AvgIpc) is 2.92. The zero-order valence-corrected chi connectivity index (χ0v) is 13.8. The molecule has 3 nitrogen and oxygen atoms in total. The highest BCUT2D eigenvalue weighted by molar-refractivity contribution is 6.55. The Balaban J connectivity index is 2.00. The number of allylic oxidation sites excluding steroid dienone is 1. The molecule has 0 spiro atoms. The predicted molar refractivity (Wildman–Crippen MR) is 86.8 cm³/mol. The molecule has 0 aliphatic heterocycles. The van der Waals surface area contributed by atoms with Gasteiger partial charge in [-0.3, -0.25) is 4.79 Å². The number of anilines is 1. The zero-order chi connectivity index (χ0) is 15.6. The molecule has 0 aromatic heterocycles. The Labute approximate surface area is 135 Å². The fourth-order valence-corrected chi connectivity index (χ4v) is 2.92. The lowest BCUT2D eigenvalue weighted by atomic mass is 10.1. The summed E-state index contributed by atoms with van der Waals surface area (Å²) in [6.07, 6.45) is 1.74. The Morgan fingerprint density at radius 3 is 2.48 bits per heavy atom. The maximum atomic E-state index is 12.3. The van der Waals surface area contributed by atoms with Gasteiger partial charge in [0.1, 0.15) is 10.2 Å². The van der Waals surface area contributed by atoms with Crippen LogP contribution >= 0.6 is 23.2 Å². The molecule has 1 N–H and O–H groups in total. The van der Waals surface area contributed by atoms with Gasteiger partial charge in [-0.2, -0.15) is 0 Å². The summed E-state index contributed by atoms with van der Waals surface area (Å²) < 4.78 is 5.58. The molecule has 114 valence electrons. The van der Waals surface area contributed by atoms with E-state index in [4.69, 9.17) is 27.9 Å². The second kappa shape index (κ2) is 6.29. The summed E-state index contributed by atoms with van der Waals surface area (Å²) in [5, 5.41) is 2.92. The molecule has 2 rings (SSSR count). The molecule has 1 aliphatic rings. The third kappa shape index (κ3) is 3.72. The number of ether oxygens (including phenoxy) is 1. The van der Waals surface area contributed by atoms with Gasteiger partial charge in [0.25, 0.3) is 0 Å². The molecule has 21 heavy (non-hydrogen) atoms. The normalized spacial score (nSPS) is 22.3. The van der Waals surface area contributed by atoms with Gasteiger partial charge in [0.15, 0.2) is 0 Å². The summed E-state index contributed by atoms with van der Waals surface area (Å²) in [7, 11) is 0. The van der Waals surface area contributed by atoms with E-state index in [2.05, 4.69) is 5.32 Å². The van der Waals surface area contributed by atoms with Gasteiger partial charge in [0.05, 0.1) is 12.5 Å². The molecular weight excluding hydrogens is 309 g/mol. The first kappa shape index (κ1) is 16.2. The first-order valence-electron chi connectivity index (χ1n) is 6.92. The van der Waals surface area contributed by atoms with Gasteiger partial charge in [-0.25, -0.2) is 0 Å². The molecule has 1 aromatic rings. The van der Waals surface area contributed by atoms with E-state index in [1.165, 1.54) is 0 Å². The third-order valence-electron chi connectivity index (χ3n) is 3.93. The molecule has 5 heteroatoms. The highest BCUT2D eigenvalue weighted by Crippen LogP contribution is 2.60. The number of hydrogen-bond acceptors (Lipinski definition) is 2. The second-order valence-corrected chi connectivity index (χ2v) is 6.74. The van der Waals surface area contributed by atoms with E-state index in [9.17, 15) is 4.79 Å². The topological polar surface area (TPSA) is 38.3 Å². The standard InChI is InChI=1S/C16H19Cl2NO2/c1-4-21-11-7-5-10(6-8-11)19-15(20)14-12(9-13(17)18)16(14,2)3/h5-9,12,14H,4H2,1-3H3,(H,19,20)/t12-,14+/m0/s1. The Morgan fingerprint density at radius 2 is 1.95 bits per heavy atom. The van der Waals surface area contributed by atoms with E-state index >= 15 is 0 Å². The van der Waals surface area contributed by atoms with Crippen LogP contribution in [0.5, 0.6) is 5.75 Å². The SMILES string of the molecule is CCOc1ccc(NC(=O)[C@H]2[C@H](C=C(Cl)Cl)C2(C)C)cc1. The van der Waals surface area contributed by atoms with Crippen LogP contribution in [0.2, 0.25) is 0 Å². The van der Waals surface area contributed by atoms with Gasteiger partial charge < -0.3 is 10.1 Å². The van der Waals surface area contributed by atoms with E-state index in [1.807, 2.05) is 45.0 Å². The number of rotatable bonds is 5. The summed E-state index contributed by atoms with van der Waals surface area (Å²) in [4.78, 5) is 12.3. The van der Waals surface area contributed by atoms with Gasteiger partial charge in [-0.05, 0) is 48.6 Å². The van der Waals surface area contributed by atoms with Crippen molar-refractivity contribution in [2.45, 2.75) is 20.8 Å². The molecule has 0 bridgehead atoms. The fourth-order valence-electron chi connectivity index (χ4n) is 2.65. The molecule has 2 atom stereocenters. The summed E-state index contributed by atoms with van der Waals surface area (Å²) in [5.74, 6) is 0.735. The van der Waals surface area contributed by atoms with Crippen LogP contribution in [0.15, 0.2) is 34.8 Å². The van der Waals surface area contributed by atoms with Crippen LogP contribution in [0, 0.1) is 17.3 Å². The summed E-state index contributed by atoms with van der Waals surface area (Å²) >= 11 is 11.4. The predicted octanol–water partition coefficient (Wildman–Crippen LogP) is 4.62. The molecule has 1 aliphatic carbocycles. The highest BCUT2D eigenvalue weighted by Gasteiger charge is 2.60. The highest BCUT2D eigenvalue weighted by atomic mass is 35.5. The minimum absolute atomic E-state index is 0.0139. The molecule has 0 unspecified atom stereocenters. The Kier molecular flexibility index (Phi) is 4.84. The largest absolute Gasteiger partial charge is 0.494 e. The van der Waals surface area contributed by atoms with Gasteiger partial charge in [-0.1, -0.05) is 37.0 Å². The molecule has 1 fully saturated rings. The van der Waals surface area contributed by atoms with Crippen LogP contribution in [0.25, 0.3) is 0 Å². The molecule has 1 aromatic carbocycles. The van der Waals surface area contributed by atoms with Gasteiger partial charge in [0, 0.05) is 5.69 Å². The maximum Gasteiger partial charge on any atom is 0.228 e. The first-order valence-corrected chi connectivity index (χ1v) is 7.68. The Morgan fingerprint density at radius 1 is 1.33 bits per heavy atom. The van der Waals surface area contributed by atoms with Gasteiger partial charge >= 0.3 is 0 Å². The van der Waals surface area contributed by atoms with Crippen molar-refractivity contribution in [3.63, 3.8) is 0 Å². The molecule has 1 amide bonds. The number of carbonyl (C=O) groups excluding carboxylic acids is 1. The smallest absolute Gasteiger partial charge is 0.228 e. The number of carbonyl (C=O) groups is 1. The van der Waals surface area contributed by atoms with Crippen molar-refractivity contribution in [1.82, 2.24) is 0 Å². The van der Waals surface area contributed by atoms with Crippen LogP contribution in [-0.2, 0) is 4.79 Å². The minimum Gasteiger partial charge on any atom is -0.494 e. The molecule has 0 radical (unpaired) electrons. The Bertz CT molecular complexity index is 548. The second-order valence-electron chi connectivity index (χ2n) is 5.73. The monoisotopic (exact) mass is 327 g/mol. The first-order chi connectivity index (χ1) is 9.86. The van der Waals surface area contributed by atoms with Crippen LogP contribution in [-0.4, -0.2) is 12.5 Å². The van der Waals surface area contributed by atoms with E-state index < -0.39 is 0 Å². The number of halogens is 2. The van der Waals surface area contributed by atoms with Crippen molar-refractivity contribution in [3.8, 4) is 5.75 Å². The molecule has 0 heterocycles. The summed E-state index contributed by atoms with van der Waals surface area (Å²) in [6, 6.07) is 7.34. The fraction of sp³-hybridized carbons (Fsp3) is 0.438. The quantitative estimate of drug-likeness (QED) is 0.857. The van der Waals surface area contributed by atoms with Crippen molar-refractivity contribution in [2.75, 3.05) is 11.9 Å². The van der Waals surface area contributed by atoms with E-state index in [0.717, 1.165) is 11.4 Å². The van der Waals surface area contributed by atoms with Crippen molar-refractivity contribution >= 4 is 34.8 Å². The van der Waals surface area contributed by atoms with Crippen LogP contribution in [0.1, 0.15) is 20.8 Å². The summed E-state index contributed by atoms with van der Waals surface area (Å²) in [5.41, 5.74) is 0.635. The van der Waals surface area contributed by atoms with Crippen LogP contribution in [0.4, 0.5) is 5.69 Å². The van der Waals surface area contributed by atoms with Crippen molar-refractivity contribution in [2.24, 2.45) is 17.3 Å². The van der Waals surface area contributed by atoms with Crippen LogP contribution in [0.3, 0.4) is 0 Å². The Hall–Kier alpha value is -1.19. The minimum atomic E-state index is -0.121. The van der Waals surface area contributed by atoms with Crippen molar-refractivity contribution in [1.29, 1.82) is 0 Å². The van der Waals surface area contributed by atoms with E-state index in [0.29, 0.717) is 6.61 Å². The van der Waals surface area contributed by atoms with Gasteiger partial charge in [0.2, 0.25) is 5.91 Å². The molecular formula is C16H19Cl2NO2. The lowest BCUT2D eigenvalue weighted by molar-refractivity contribution is -0.118. The van der Waals surface area contributed by atoms with Crippen molar-refractivity contribution < 1.29 is 9.53 Å². The molecule has 1 saturated carbocycles. The van der Waals surface area contributed by atoms with Crippen molar-refractivity contribution in [3.05, 3.63) is 34.8 Å². The maximum absolute atomic E-state index is 12.3. The lowest BCUT2D eigenvalue weighted by Crippen LogP contribution is -2.16. The van der Waals surface area contributed by atoms with Crippen LogP contribution < -0.4 is 10.1 Å². The number of amides is 1. The zero-order valence-electron chi connectivity index (χ0n) is 12.3. The van der Waals surface area contributed by atoms with E-state index in [1.54, 1.807) is 6.08 Å². The van der Waals surface area contributed by atoms with E-state index in [-0.39, 0.29) is 27.6 Å².